The van der Waals surface area contributed by atoms with E-state index in [1.54, 1.807) is 17.9 Å². The Labute approximate surface area is 104 Å². The summed E-state index contributed by atoms with van der Waals surface area (Å²) in [6.07, 6.45) is 2.30. The van der Waals surface area contributed by atoms with Crippen LogP contribution in [0, 0.1) is 6.92 Å². The zero-order chi connectivity index (χ0) is 13.1. The highest BCUT2D eigenvalue weighted by molar-refractivity contribution is 5.92. The molecule has 0 bridgehead atoms. The molecule has 98 valence electrons. The lowest BCUT2D eigenvalue weighted by atomic mass is 10.3. The molecule has 1 heterocycles. The summed E-state index contributed by atoms with van der Waals surface area (Å²) >= 11 is 0. The van der Waals surface area contributed by atoms with Crippen LogP contribution in [0.25, 0.3) is 0 Å². The molecule has 0 unspecified atom stereocenters. The molecule has 1 aliphatic carbocycles. The maximum atomic E-state index is 12.2. The lowest BCUT2D eigenvalue weighted by Crippen LogP contribution is -2.35. The van der Waals surface area contributed by atoms with Crippen LogP contribution in [0.3, 0.4) is 0 Å². The Kier molecular flexibility index (Phi) is 3.50. The second-order valence-electron chi connectivity index (χ2n) is 4.40. The second kappa shape index (κ2) is 5.07. The molecule has 3 N–H and O–H groups in total. The largest absolute Gasteiger partial charge is 0.409 e. The predicted molar refractivity (Wildman–Crippen MR) is 63.3 cm³/mol. The average molecular weight is 252 g/mol. The minimum Gasteiger partial charge on any atom is -0.409 e. The Morgan fingerprint density at radius 3 is 2.94 bits per heavy atom. The van der Waals surface area contributed by atoms with Crippen molar-refractivity contribution in [2.75, 3.05) is 6.54 Å². The van der Waals surface area contributed by atoms with Crippen LogP contribution in [-0.2, 0) is 0 Å². The number of aromatic nitrogens is 1. The number of carbonyl (C=O) groups excluding carboxylic acids is 1. The number of amides is 1. The number of oxime groups is 1. The van der Waals surface area contributed by atoms with Gasteiger partial charge in [0.25, 0.3) is 5.91 Å². The van der Waals surface area contributed by atoms with Gasteiger partial charge in [0, 0.05) is 25.1 Å². The van der Waals surface area contributed by atoms with Crippen molar-refractivity contribution >= 4 is 11.7 Å². The van der Waals surface area contributed by atoms with Gasteiger partial charge in [-0.05, 0) is 19.8 Å². The average Bonchev–Trinajstić information content (AvgIpc) is 3.10. The van der Waals surface area contributed by atoms with E-state index in [0.29, 0.717) is 18.7 Å². The van der Waals surface area contributed by atoms with Crippen molar-refractivity contribution < 1.29 is 14.5 Å². The molecule has 1 amide bonds. The van der Waals surface area contributed by atoms with Gasteiger partial charge in [0.2, 0.25) is 5.76 Å². The molecule has 1 aliphatic rings. The third kappa shape index (κ3) is 2.79. The van der Waals surface area contributed by atoms with Crippen LogP contribution in [0.4, 0.5) is 0 Å². The molecule has 0 radical (unpaired) electrons. The van der Waals surface area contributed by atoms with E-state index < -0.39 is 0 Å². The fraction of sp³-hybridized carbons (Fsp3) is 0.545. The molecule has 0 spiro atoms. The molecular formula is C11H16N4O3. The maximum absolute atomic E-state index is 12.2. The Morgan fingerprint density at radius 2 is 2.44 bits per heavy atom. The van der Waals surface area contributed by atoms with Crippen molar-refractivity contribution in [2.24, 2.45) is 10.9 Å². The van der Waals surface area contributed by atoms with E-state index in [1.165, 1.54) is 0 Å². The number of rotatable bonds is 5. The lowest BCUT2D eigenvalue weighted by Gasteiger charge is -2.20. The van der Waals surface area contributed by atoms with Crippen LogP contribution in [0.1, 0.15) is 35.5 Å². The molecular weight excluding hydrogens is 236 g/mol. The molecule has 1 aromatic rings. The summed E-state index contributed by atoms with van der Waals surface area (Å²) in [7, 11) is 0. The molecule has 7 heteroatoms. The zero-order valence-electron chi connectivity index (χ0n) is 10.2. The van der Waals surface area contributed by atoms with Crippen molar-refractivity contribution in [1.82, 2.24) is 10.1 Å². The van der Waals surface area contributed by atoms with Crippen LogP contribution in [0.5, 0.6) is 0 Å². The summed E-state index contributed by atoms with van der Waals surface area (Å²) in [4.78, 5) is 13.9. The molecule has 1 aromatic heterocycles. The highest BCUT2D eigenvalue weighted by Crippen LogP contribution is 2.28. The first-order chi connectivity index (χ1) is 8.61. The van der Waals surface area contributed by atoms with Gasteiger partial charge in [0.1, 0.15) is 5.84 Å². The summed E-state index contributed by atoms with van der Waals surface area (Å²) in [5.74, 6) is 0.157. The normalized spacial score (nSPS) is 15.7. The molecule has 0 saturated heterocycles. The van der Waals surface area contributed by atoms with E-state index >= 15 is 0 Å². The first-order valence-corrected chi connectivity index (χ1v) is 5.82. The maximum Gasteiger partial charge on any atom is 0.292 e. The summed E-state index contributed by atoms with van der Waals surface area (Å²) < 4.78 is 4.97. The van der Waals surface area contributed by atoms with Gasteiger partial charge in [-0.25, -0.2) is 0 Å². The van der Waals surface area contributed by atoms with Gasteiger partial charge in [-0.1, -0.05) is 10.3 Å². The van der Waals surface area contributed by atoms with Crippen molar-refractivity contribution in [3.63, 3.8) is 0 Å². The van der Waals surface area contributed by atoms with Crippen LogP contribution < -0.4 is 5.73 Å². The summed E-state index contributed by atoms with van der Waals surface area (Å²) in [6.45, 7) is 2.18. The highest BCUT2D eigenvalue weighted by atomic mass is 16.5. The molecule has 2 rings (SSSR count). The Hall–Kier alpha value is -2.05. The SMILES string of the molecule is Cc1cc(C(=O)N(CCC(N)=NO)C2CC2)on1. The molecule has 1 saturated carbocycles. The van der Waals surface area contributed by atoms with E-state index in [-0.39, 0.29) is 23.5 Å². The molecule has 1 fully saturated rings. The highest BCUT2D eigenvalue weighted by Gasteiger charge is 2.34. The van der Waals surface area contributed by atoms with Crippen LogP contribution in [0.15, 0.2) is 15.7 Å². The lowest BCUT2D eigenvalue weighted by molar-refractivity contribution is 0.0705. The van der Waals surface area contributed by atoms with E-state index in [4.69, 9.17) is 15.5 Å². The summed E-state index contributed by atoms with van der Waals surface area (Å²) in [6, 6.07) is 1.84. The number of amidine groups is 1. The minimum absolute atomic E-state index is 0.113. The van der Waals surface area contributed by atoms with Crippen molar-refractivity contribution in [3.8, 4) is 0 Å². The van der Waals surface area contributed by atoms with Gasteiger partial charge in [-0.3, -0.25) is 4.79 Å². The van der Waals surface area contributed by atoms with Gasteiger partial charge in [-0.15, -0.1) is 0 Å². The molecule has 18 heavy (non-hydrogen) atoms. The number of hydrogen-bond acceptors (Lipinski definition) is 5. The van der Waals surface area contributed by atoms with Crippen LogP contribution >= 0.6 is 0 Å². The van der Waals surface area contributed by atoms with Gasteiger partial charge in [-0.2, -0.15) is 0 Å². The number of nitrogens with zero attached hydrogens (tertiary/aromatic N) is 3. The number of carbonyl (C=O) groups is 1. The van der Waals surface area contributed by atoms with Crippen LogP contribution in [0.2, 0.25) is 0 Å². The van der Waals surface area contributed by atoms with Crippen LogP contribution in [-0.4, -0.2) is 39.6 Å². The van der Waals surface area contributed by atoms with E-state index in [9.17, 15) is 4.79 Å². The molecule has 0 atom stereocenters. The van der Waals surface area contributed by atoms with Crippen molar-refractivity contribution in [1.29, 1.82) is 0 Å². The smallest absolute Gasteiger partial charge is 0.292 e. The minimum atomic E-state index is -0.191. The monoisotopic (exact) mass is 252 g/mol. The Bertz CT molecular complexity index is 465. The predicted octanol–water partition coefficient (Wildman–Crippen LogP) is 0.724. The van der Waals surface area contributed by atoms with Gasteiger partial charge in [0.15, 0.2) is 0 Å². The van der Waals surface area contributed by atoms with Gasteiger partial charge in [0.05, 0.1) is 5.69 Å². The summed E-state index contributed by atoms with van der Waals surface area (Å²) in [5, 5.41) is 15.1. The first-order valence-electron chi connectivity index (χ1n) is 5.82. The Balaban J connectivity index is 2.03. The quantitative estimate of drug-likeness (QED) is 0.348. The third-order valence-electron chi connectivity index (χ3n) is 2.82. The van der Waals surface area contributed by atoms with E-state index in [2.05, 4.69) is 10.3 Å². The van der Waals surface area contributed by atoms with Crippen molar-refractivity contribution in [3.05, 3.63) is 17.5 Å². The molecule has 7 nitrogen and oxygen atoms in total. The molecule has 0 aromatic carbocycles. The first kappa shape index (κ1) is 12.4. The van der Waals surface area contributed by atoms with E-state index in [1.807, 2.05) is 0 Å². The number of hydrogen-bond donors (Lipinski definition) is 2. The van der Waals surface area contributed by atoms with Crippen molar-refractivity contribution in [2.45, 2.75) is 32.2 Å². The van der Waals surface area contributed by atoms with Gasteiger partial charge >= 0.3 is 0 Å². The fourth-order valence-electron chi connectivity index (χ4n) is 1.73. The van der Waals surface area contributed by atoms with Gasteiger partial charge < -0.3 is 20.4 Å². The van der Waals surface area contributed by atoms with E-state index in [0.717, 1.165) is 12.8 Å². The molecule has 0 aliphatic heterocycles. The summed E-state index contributed by atoms with van der Waals surface area (Å²) in [5.41, 5.74) is 6.08. The Morgan fingerprint density at radius 1 is 1.72 bits per heavy atom. The number of aryl methyl sites for hydroxylation is 1. The second-order valence-corrected chi connectivity index (χ2v) is 4.40. The zero-order valence-corrected chi connectivity index (χ0v) is 10.2. The topological polar surface area (TPSA) is 105 Å². The third-order valence-corrected chi connectivity index (χ3v) is 2.82. The number of nitrogens with two attached hydrogens (primary N) is 1. The standard InChI is InChI=1S/C11H16N4O3/c1-7-6-9(18-14-7)11(16)15(8-2-3-8)5-4-10(12)13-17/h6,8,17H,2-5H2,1H3,(H2,12,13). The fourth-order valence-corrected chi connectivity index (χ4v) is 1.73.